The minimum atomic E-state index is -0.477. The Morgan fingerprint density at radius 2 is 2.06 bits per heavy atom. The third-order valence-corrected chi connectivity index (χ3v) is 5.35. The molecule has 3 aromatic rings. The molecule has 3 N–H and O–H groups in total. The van der Waals surface area contributed by atoms with E-state index in [1.807, 2.05) is 31.0 Å². The summed E-state index contributed by atoms with van der Waals surface area (Å²) in [4.78, 5) is 10.7. The third-order valence-electron chi connectivity index (χ3n) is 4.54. The fraction of sp³-hybridized carbons (Fsp3) is 0.286. The van der Waals surface area contributed by atoms with E-state index in [4.69, 9.17) is 28.6 Å². The first-order valence-corrected chi connectivity index (χ1v) is 10.5. The molecule has 1 aromatic heterocycles. The molecule has 0 aliphatic carbocycles. The molecule has 0 fully saturated rings. The number of likely N-dealkylation sites (N-methyl/N-ethyl adjacent to an activating group) is 1. The SMILES string of the molecule is CCOc1cc2ncnc(Nc3ccc(F)c(Cl)c3)c2cc1NCCN(C)C(=S)NC. The van der Waals surface area contributed by atoms with Crippen LogP contribution in [-0.2, 0) is 0 Å². The fourth-order valence-corrected chi connectivity index (χ4v) is 3.23. The second kappa shape index (κ2) is 10.4. The van der Waals surface area contributed by atoms with Gasteiger partial charge in [0.25, 0.3) is 0 Å². The second-order valence-electron chi connectivity index (χ2n) is 6.68. The van der Waals surface area contributed by atoms with Crippen LogP contribution in [0.4, 0.5) is 21.6 Å². The highest BCUT2D eigenvalue weighted by Gasteiger charge is 2.12. The molecule has 0 aliphatic heterocycles. The zero-order valence-electron chi connectivity index (χ0n) is 17.5. The molecule has 1 heterocycles. The Bertz CT molecular complexity index is 1080. The van der Waals surface area contributed by atoms with Crippen LogP contribution in [-0.4, -0.2) is 53.8 Å². The lowest BCUT2D eigenvalue weighted by Gasteiger charge is -2.21. The quantitative estimate of drug-likeness (QED) is 0.425. The van der Waals surface area contributed by atoms with E-state index < -0.39 is 5.82 Å². The number of hydrogen-bond acceptors (Lipinski definition) is 6. The van der Waals surface area contributed by atoms with Crippen LogP contribution in [0.2, 0.25) is 5.02 Å². The Hall–Kier alpha value is -2.91. The predicted octanol–water partition coefficient (Wildman–Crippen LogP) is 4.41. The summed E-state index contributed by atoms with van der Waals surface area (Å²) in [6.45, 7) is 3.80. The molecule has 0 bridgehead atoms. The maximum Gasteiger partial charge on any atom is 0.168 e. The summed E-state index contributed by atoms with van der Waals surface area (Å²) >= 11 is 11.1. The van der Waals surface area contributed by atoms with Crippen molar-refractivity contribution in [3.8, 4) is 5.75 Å². The topological polar surface area (TPSA) is 74.3 Å². The van der Waals surface area contributed by atoms with Gasteiger partial charge in [-0.2, -0.15) is 0 Å². The number of ether oxygens (including phenoxy) is 1. The van der Waals surface area contributed by atoms with Crippen LogP contribution >= 0.6 is 23.8 Å². The first-order chi connectivity index (χ1) is 14.9. The van der Waals surface area contributed by atoms with Crippen LogP contribution < -0.4 is 20.7 Å². The monoisotopic (exact) mass is 462 g/mol. The molecule has 0 aliphatic rings. The highest BCUT2D eigenvalue weighted by molar-refractivity contribution is 7.80. The summed E-state index contributed by atoms with van der Waals surface area (Å²) in [5.41, 5.74) is 2.15. The van der Waals surface area contributed by atoms with Gasteiger partial charge in [-0.25, -0.2) is 14.4 Å². The molecule has 0 spiro atoms. The molecular formula is C21H24ClFN6OS. The average Bonchev–Trinajstić information content (AvgIpc) is 2.76. The first kappa shape index (κ1) is 22.8. The highest BCUT2D eigenvalue weighted by atomic mass is 35.5. The van der Waals surface area contributed by atoms with Crippen molar-refractivity contribution in [2.75, 3.05) is 44.4 Å². The van der Waals surface area contributed by atoms with Crippen molar-refractivity contribution in [3.05, 3.63) is 47.5 Å². The lowest BCUT2D eigenvalue weighted by molar-refractivity contribution is 0.342. The summed E-state index contributed by atoms with van der Waals surface area (Å²) in [7, 11) is 3.72. The number of rotatable bonds is 8. The summed E-state index contributed by atoms with van der Waals surface area (Å²) in [5.74, 6) is 0.797. The van der Waals surface area contributed by atoms with Crippen LogP contribution in [0.15, 0.2) is 36.7 Å². The Morgan fingerprint density at radius 1 is 1.26 bits per heavy atom. The van der Waals surface area contributed by atoms with Crippen molar-refractivity contribution >= 4 is 57.0 Å². The van der Waals surface area contributed by atoms with Gasteiger partial charge in [0.05, 0.1) is 22.8 Å². The Labute approximate surface area is 191 Å². The normalized spacial score (nSPS) is 10.6. The van der Waals surface area contributed by atoms with Gasteiger partial charge in [-0.05, 0) is 43.4 Å². The predicted molar refractivity (Wildman–Crippen MR) is 128 cm³/mol. The van der Waals surface area contributed by atoms with E-state index in [9.17, 15) is 4.39 Å². The minimum Gasteiger partial charge on any atom is -0.492 e. The van der Waals surface area contributed by atoms with Crippen molar-refractivity contribution in [2.24, 2.45) is 0 Å². The van der Waals surface area contributed by atoms with E-state index in [1.165, 1.54) is 18.5 Å². The fourth-order valence-electron chi connectivity index (χ4n) is 2.96. The van der Waals surface area contributed by atoms with E-state index in [1.54, 1.807) is 13.1 Å². The van der Waals surface area contributed by atoms with Crippen LogP contribution in [0.3, 0.4) is 0 Å². The largest absolute Gasteiger partial charge is 0.492 e. The lowest BCUT2D eigenvalue weighted by Crippen LogP contribution is -2.37. The Kier molecular flexibility index (Phi) is 7.64. The molecule has 7 nitrogen and oxygen atoms in total. The number of nitrogens with zero attached hydrogens (tertiary/aromatic N) is 3. The van der Waals surface area contributed by atoms with Gasteiger partial charge in [0.1, 0.15) is 23.7 Å². The van der Waals surface area contributed by atoms with Crippen molar-refractivity contribution in [1.82, 2.24) is 20.2 Å². The van der Waals surface area contributed by atoms with Crippen molar-refractivity contribution in [3.63, 3.8) is 0 Å². The molecule has 10 heteroatoms. The molecule has 0 saturated carbocycles. The van der Waals surface area contributed by atoms with Crippen LogP contribution in [0, 0.1) is 5.82 Å². The maximum atomic E-state index is 13.5. The van der Waals surface area contributed by atoms with Crippen LogP contribution in [0.5, 0.6) is 5.75 Å². The van der Waals surface area contributed by atoms with Crippen molar-refractivity contribution in [2.45, 2.75) is 6.92 Å². The molecule has 0 radical (unpaired) electrons. The van der Waals surface area contributed by atoms with E-state index in [0.29, 0.717) is 47.6 Å². The number of thiocarbonyl (C=S) groups is 1. The van der Waals surface area contributed by atoms with Gasteiger partial charge in [0.15, 0.2) is 5.11 Å². The third kappa shape index (κ3) is 5.62. The Morgan fingerprint density at radius 3 is 2.77 bits per heavy atom. The van der Waals surface area contributed by atoms with Crippen LogP contribution in [0.25, 0.3) is 10.9 Å². The molecule has 0 saturated heterocycles. The lowest BCUT2D eigenvalue weighted by atomic mass is 10.2. The molecule has 0 unspecified atom stereocenters. The maximum absolute atomic E-state index is 13.5. The molecule has 2 aromatic carbocycles. The van der Waals surface area contributed by atoms with Gasteiger partial charge in [-0.3, -0.25) is 0 Å². The molecule has 3 rings (SSSR count). The zero-order chi connectivity index (χ0) is 22.4. The van der Waals surface area contributed by atoms with Gasteiger partial charge < -0.3 is 25.6 Å². The van der Waals surface area contributed by atoms with Crippen molar-refractivity contribution in [1.29, 1.82) is 0 Å². The number of halogens is 2. The summed E-state index contributed by atoms with van der Waals surface area (Å²) in [6.07, 6.45) is 1.46. The molecular weight excluding hydrogens is 439 g/mol. The smallest absolute Gasteiger partial charge is 0.168 e. The average molecular weight is 463 g/mol. The number of benzene rings is 2. The number of nitrogens with one attached hydrogen (secondary N) is 3. The van der Waals surface area contributed by atoms with E-state index in [-0.39, 0.29) is 5.02 Å². The summed E-state index contributed by atoms with van der Waals surface area (Å²) in [6, 6.07) is 8.22. The van der Waals surface area contributed by atoms with Crippen molar-refractivity contribution < 1.29 is 9.13 Å². The van der Waals surface area contributed by atoms with E-state index >= 15 is 0 Å². The van der Waals surface area contributed by atoms with Gasteiger partial charge >= 0.3 is 0 Å². The summed E-state index contributed by atoms with van der Waals surface area (Å²) < 4.78 is 19.3. The molecule has 31 heavy (non-hydrogen) atoms. The van der Waals surface area contributed by atoms with Crippen LogP contribution in [0.1, 0.15) is 6.92 Å². The zero-order valence-corrected chi connectivity index (χ0v) is 19.1. The standard InChI is InChI=1S/C21H24ClFN6OS/c1-4-30-19-11-17-14(10-18(19)25-7-8-29(3)21(31)24-2)20(27-12-26-17)28-13-5-6-16(23)15(22)9-13/h5-6,9-12,25H,4,7-8H2,1-3H3,(H,24,31)(H,26,27,28). The van der Waals surface area contributed by atoms with E-state index in [2.05, 4.69) is 25.9 Å². The number of aromatic nitrogens is 2. The molecule has 0 atom stereocenters. The van der Waals surface area contributed by atoms with E-state index in [0.717, 1.165) is 11.1 Å². The second-order valence-corrected chi connectivity index (χ2v) is 7.47. The highest BCUT2D eigenvalue weighted by Crippen LogP contribution is 2.33. The van der Waals surface area contributed by atoms with Gasteiger partial charge in [-0.15, -0.1) is 0 Å². The van der Waals surface area contributed by atoms with Gasteiger partial charge in [0, 0.05) is 44.3 Å². The minimum absolute atomic E-state index is 0.0351. The number of hydrogen-bond donors (Lipinski definition) is 3. The number of anilines is 3. The number of fused-ring (bicyclic) bond motifs is 1. The Balaban J connectivity index is 1.89. The molecule has 164 valence electrons. The first-order valence-electron chi connectivity index (χ1n) is 9.73. The molecule has 0 amide bonds. The summed E-state index contributed by atoms with van der Waals surface area (Å²) in [5, 5.41) is 11.0. The van der Waals surface area contributed by atoms with Gasteiger partial charge in [0.2, 0.25) is 0 Å². The van der Waals surface area contributed by atoms with Gasteiger partial charge in [-0.1, -0.05) is 11.6 Å².